The minimum absolute atomic E-state index is 0. The number of hydrogen-bond acceptors (Lipinski definition) is 1. The summed E-state index contributed by atoms with van der Waals surface area (Å²) in [7, 11) is -4.64. The summed E-state index contributed by atoms with van der Waals surface area (Å²) >= 11 is 0. The van der Waals surface area contributed by atoms with Crippen molar-refractivity contribution in [3.8, 4) is 0 Å². The van der Waals surface area contributed by atoms with Gasteiger partial charge in [-0.25, -0.2) is 4.57 Å². The fourth-order valence-corrected chi connectivity index (χ4v) is 0. The fourth-order valence-electron chi connectivity index (χ4n) is 0. The fraction of sp³-hybridized carbons (Fsp3) is 0. The van der Waals surface area contributed by atoms with Crippen molar-refractivity contribution < 1.29 is 41.0 Å². The Kier molecular flexibility index (Phi) is 13.5. The third-order valence-electron chi connectivity index (χ3n) is 0. The Hall–Kier alpha value is 1.82. The van der Waals surface area contributed by atoms with Gasteiger partial charge in [0.2, 0.25) is 0 Å². The first-order valence-electron chi connectivity index (χ1n) is 0.783. The van der Waals surface area contributed by atoms with Crippen LogP contribution in [0.25, 0.3) is 0 Å². The minimum atomic E-state index is -4.64. The third-order valence-corrected chi connectivity index (χ3v) is 0. The zero-order valence-electron chi connectivity index (χ0n) is 2.70. The minimum Gasteiger partial charge on any atom is 0 e. The second-order valence-corrected chi connectivity index (χ2v) is 1.54. The number of phosphoric acid groups is 1. The van der Waals surface area contributed by atoms with Gasteiger partial charge in [0.05, 0.1) is 0 Å². The molecule has 4 nitrogen and oxygen atoms in total. The first kappa shape index (κ1) is 15.9. The normalized spacial score (nSPS) is 8.43. The van der Waals surface area contributed by atoms with Crippen molar-refractivity contribution >= 4 is 37.4 Å². The van der Waals surface area contributed by atoms with Crippen LogP contribution in [0, 0.1) is 0 Å². The molecule has 0 saturated carbocycles. The Balaban J connectivity index is -0.0000000800. The van der Waals surface area contributed by atoms with Crippen LogP contribution in [0.15, 0.2) is 0 Å². The first-order valence-corrected chi connectivity index (χ1v) is 2.35. The Bertz CT molecular complexity index is 57.8. The average Bonchev–Trinajstić information content (AvgIpc) is 0.722. The Morgan fingerprint density at radius 3 is 1.14 bits per heavy atom. The van der Waals surface area contributed by atoms with Crippen molar-refractivity contribution in [2.24, 2.45) is 0 Å². The van der Waals surface area contributed by atoms with E-state index < -0.39 is 7.82 Å². The van der Waals surface area contributed by atoms with Gasteiger partial charge in [0, 0.05) is 21.7 Å². The van der Waals surface area contributed by atoms with Crippen molar-refractivity contribution in [1.29, 1.82) is 0 Å². The van der Waals surface area contributed by atoms with Gasteiger partial charge in [-0.3, -0.25) is 0 Å². The molecule has 0 unspecified atom stereocenters. The molecule has 0 aromatic heterocycles. The summed E-state index contributed by atoms with van der Waals surface area (Å²) in [4.78, 5) is 21.6. The maximum atomic E-state index is 8.88. The van der Waals surface area contributed by atoms with Gasteiger partial charge in [0.25, 0.3) is 0 Å². The molecule has 38 valence electrons. The van der Waals surface area contributed by atoms with Gasteiger partial charge in [-0.1, -0.05) is 0 Å². The van der Waals surface area contributed by atoms with E-state index in [4.69, 9.17) is 19.2 Å². The van der Waals surface area contributed by atoms with Crippen LogP contribution in [0.1, 0.15) is 0 Å². The molecule has 0 saturated heterocycles. The summed E-state index contributed by atoms with van der Waals surface area (Å²) in [5, 5.41) is 0. The van der Waals surface area contributed by atoms with Gasteiger partial charge in [0.15, 0.2) is 0 Å². The molecule has 7 heteroatoms. The van der Waals surface area contributed by atoms with Crippen LogP contribution in [0.4, 0.5) is 0 Å². The Morgan fingerprint density at radius 2 is 1.14 bits per heavy atom. The molecule has 0 aliphatic rings. The monoisotopic (exact) mass is 170 g/mol. The molecule has 0 aliphatic heterocycles. The van der Waals surface area contributed by atoms with Crippen molar-refractivity contribution in [2.45, 2.75) is 0 Å². The smallest absolute Gasteiger partial charge is 0 e. The van der Waals surface area contributed by atoms with E-state index >= 15 is 0 Å². The van der Waals surface area contributed by atoms with Crippen LogP contribution in [0.3, 0.4) is 0 Å². The van der Waals surface area contributed by atoms with Crippen LogP contribution in [0.2, 0.25) is 0 Å². The van der Waals surface area contributed by atoms with E-state index in [1.54, 1.807) is 0 Å². The van der Waals surface area contributed by atoms with Gasteiger partial charge in [0.1, 0.15) is 0 Å². The van der Waals surface area contributed by atoms with Gasteiger partial charge in [-0.05, 0) is 0 Å². The standard InChI is InChI=1S/Na.H3O4P.Ti.H/c;1-5(2,3)4;;/h;(H3,1,2,3,4);;. The van der Waals surface area contributed by atoms with E-state index in [-0.39, 0.29) is 51.3 Å². The molecule has 0 aromatic rings. The molecule has 0 heterocycles. The van der Waals surface area contributed by atoms with Crippen LogP contribution >= 0.6 is 7.82 Å². The quantitative estimate of drug-likeness (QED) is 0.302. The second-order valence-electron chi connectivity index (χ2n) is 0.513. The van der Waals surface area contributed by atoms with Gasteiger partial charge < -0.3 is 14.7 Å². The molecule has 3 N–H and O–H groups in total. The van der Waals surface area contributed by atoms with Crippen molar-refractivity contribution in [3.05, 3.63) is 0 Å². The molecule has 0 spiro atoms. The van der Waals surface area contributed by atoms with Crippen LogP contribution < -0.4 is 0 Å². The molecule has 0 rings (SSSR count). The molecule has 0 fully saturated rings. The zero-order valence-corrected chi connectivity index (χ0v) is 5.15. The van der Waals surface area contributed by atoms with E-state index in [2.05, 4.69) is 0 Å². The average molecular weight is 170 g/mol. The van der Waals surface area contributed by atoms with Crippen molar-refractivity contribution in [1.82, 2.24) is 0 Å². The van der Waals surface area contributed by atoms with Crippen LogP contribution in [0.5, 0.6) is 0 Å². The molecule has 7 heavy (non-hydrogen) atoms. The summed E-state index contributed by atoms with van der Waals surface area (Å²) in [5.74, 6) is 0. The number of rotatable bonds is 0. The number of hydrogen-bond donors (Lipinski definition) is 3. The maximum Gasteiger partial charge on any atom is 0 e. The van der Waals surface area contributed by atoms with Gasteiger partial charge >= 0.3 is 37.4 Å². The van der Waals surface area contributed by atoms with E-state index in [0.717, 1.165) is 0 Å². The van der Waals surface area contributed by atoms with Crippen molar-refractivity contribution in [3.63, 3.8) is 0 Å². The molecule has 0 bridgehead atoms. The predicted octanol–water partition coefficient (Wildman–Crippen LogP) is -1.58. The summed E-state index contributed by atoms with van der Waals surface area (Å²) in [5.41, 5.74) is 0. The predicted molar refractivity (Wildman–Crippen MR) is 21.4 cm³/mol. The van der Waals surface area contributed by atoms with Crippen LogP contribution in [-0.2, 0) is 26.3 Å². The molecular formula is H4NaO4PTi. The van der Waals surface area contributed by atoms with Gasteiger partial charge in [-0.2, -0.15) is 0 Å². The molecule has 0 amide bonds. The van der Waals surface area contributed by atoms with Crippen LogP contribution in [-0.4, -0.2) is 44.2 Å². The molecular weight excluding hydrogens is 166 g/mol. The zero-order chi connectivity index (χ0) is 4.50. The Morgan fingerprint density at radius 1 is 1.14 bits per heavy atom. The largest absolute Gasteiger partial charge is 0 e. The van der Waals surface area contributed by atoms with E-state index in [1.807, 2.05) is 0 Å². The van der Waals surface area contributed by atoms with Crippen molar-refractivity contribution in [2.75, 3.05) is 0 Å². The second kappa shape index (κ2) is 5.95. The summed E-state index contributed by atoms with van der Waals surface area (Å²) < 4.78 is 8.88. The first-order chi connectivity index (χ1) is 2.00. The van der Waals surface area contributed by atoms with Gasteiger partial charge in [-0.15, -0.1) is 0 Å². The Labute approximate surface area is 77.7 Å². The summed E-state index contributed by atoms with van der Waals surface area (Å²) in [6, 6.07) is 0. The van der Waals surface area contributed by atoms with E-state index in [9.17, 15) is 0 Å². The third kappa shape index (κ3) is 79.8. The topological polar surface area (TPSA) is 77.8 Å². The molecule has 0 aromatic carbocycles. The van der Waals surface area contributed by atoms with E-state index in [0.29, 0.717) is 0 Å². The summed E-state index contributed by atoms with van der Waals surface area (Å²) in [6.45, 7) is 0. The summed E-state index contributed by atoms with van der Waals surface area (Å²) in [6.07, 6.45) is 0. The molecule has 0 atom stereocenters. The maximum absolute atomic E-state index is 8.88. The SMILES string of the molecule is O=P(O)(O)O.[NaH].[Ti]. The molecule has 0 radical (unpaired) electrons. The van der Waals surface area contributed by atoms with E-state index in [1.165, 1.54) is 0 Å². The molecule has 0 aliphatic carbocycles.